The maximum absolute atomic E-state index is 12.1. The van der Waals surface area contributed by atoms with E-state index < -0.39 is 0 Å². The highest BCUT2D eigenvalue weighted by atomic mass is 32.1. The first kappa shape index (κ1) is 19.8. The van der Waals surface area contributed by atoms with Crippen molar-refractivity contribution in [2.24, 2.45) is 0 Å². The number of carbonyl (C=O) groups is 1. The van der Waals surface area contributed by atoms with Crippen LogP contribution in [0.2, 0.25) is 0 Å². The second-order valence-electron chi connectivity index (χ2n) is 6.26. The first-order valence-corrected chi connectivity index (χ1v) is 10.0. The minimum Gasteiger partial charge on any atom is -0.489 e. The molecule has 4 nitrogen and oxygen atoms in total. The summed E-state index contributed by atoms with van der Waals surface area (Å²) in [6, 6.07) is 17.9. The minimum absolute atomic E-state index is 0.344. The molecule has 0 spiro atoms. The molecule has 2 aromatic carbocycles. The summed E-state index contributed by atoms with van der Waals surface area (Å²) in [5, 5.41) is 0.823. The standard InChI is InChI=1S/C23H23NO3S/c1-3-26-22(25)14-20(23-24-15-17(2)28-23)13-19-11-7-8-12-21(19)27-16-18-9-5-4-6-10-18/h4-12,14-15H,3,13,16H2,1-2H3/b20-14-. The molecule has 0 aliphatic rings. The number of thiazole rings is 1. The molecule has 0 atom stereocenters. The highest BCUT2D eigenvalue weighted by Crippen LogP contribution is 2.29. The fourth-order valence-corrected chi connectivity index (χ4v) is 3.53. The third-order valence-corrected chi connectivity index (χ3v) is 5.05. The van der Waals surface area contributed by atoms with Gasteiger partial charge in [0.25, 0.3) is 0 Å². The molecular formula is C23H23NO3S. The Morgan fingerprint density at radius 2 is 1.86 bits per heavy atom. The lowest BCUT2D eigenvalue weighted by molar-refractivity contribution is -0.137. The molecular weight excluding hydrogens is 370 g/mol. The number of aromatic nitrogens is 1. The van der Waals surface area contributed by atoms with E-state index in [2.05, 4.69) is 4.98 Å². The molecule has 0 bridgehead atoms. The van der Waals surface area contributed by atoms with Gasteiger partial charge in [0.15, 0.2) is 0 Å². The van der Waals surface area contributed by atoms with Crippen LogP contribution in [0.5, 0.6) is 5.75 Å². The highest BCUT2D eigenvalue weighted by molar-refractivity contribution is 7.12. The van der Waals surface area contributed by atoms with E-state index in [0.29, 0.717) is 19.6 Å². The smallest absolute Gasteiger partial charge is 0.331 e. The summed E-state index contributed by atoms with van der Waals surface area (Å²) in [5.41, 5.74) is 2.93. The van der Waals surface area contributed by atoms with Crippen LogP contribution in [-0.2, 0) is 22.6 Å². The zero-order valence-electron chi connectivity index (χ0n) is 16.1. The number of hydrogen-bond donors (Lipinski definition) is 0. The number of esters is 1. The molecule has 0 aliphatic heterocycles. The fourth-order valence-electron chi connectivity index (χ4n) is 2.75. The van der Waals surface area contributed by atoms with Gasteiger partial charge in [0.1, 0.15) is 17.4 Å². The Morgan fingerprint density at radius 3 is 2.57 bits per heavy atom. The van der Waals surface area contributed by atoms with Crippen LogP contribution in [-0.4, -0.2) is 17.6 Å². The Hall–Kier alpha value is -2.92. The third kappa shape index (κ3) is 5.54. The van der Waals surface area contributed by atoms with Crippen molar-refractivity contribution in [2.45, 2.75) is 26.9 Å². The number of hydrogen-bond acceptors (Lipinski definition) is 5. The first-order chi connectivity index (χ1) is 13.7. The number of aryl methyl sites for hydroxylation is 1. The van der Waals surface area contributed by atoms with Crippen LogP contribution in [0, 0.1) is 6.92 Å². The molecule has 3 aromatic rings. The lowest BCUT2D eigenvalue weighted by atomic mass is 10.0. The summed E-state index contributed by atoms with van der Waals surface area (Å²) in [6.45, 7) is 4.63. The van der Waals surface area contributed by atoms with Gasteiger partial charge in [-0.2, -0.15) is 0 Å². The van der Waals surface area contributed by atoms with Gasteiger partial charge in [0.2, 0.25) is 0 Å². The van der Waals surface area contributed by atoms with Crippen LogP contribution < -0.4 is 4.74 Å². The van der Waals surface area contributed by atoms with Crippen LogP contribution in [0.1, 0.15) is 27.9 Å². The molecule has 0 unspecified atom stereocenters. The van der Waals surface area contributed by atoms with Gasteiger partial charge in [-0.05, 0) is 36.6 Å². The molecule has 1 aromatic heterocycles. The molecule has 3 rings (SSSR count). The molecule has 0 radical (unpaired) electrons. The van der Waals surface area contributed by atoms with E-state index in [9.17, 15) is 4.79 Å². The van der Waals surface area contributed by atoms with Gasteiger partial charge in [-0.25, -0.2) is 9.78 Å². The second kappa shape index (κ2) is 9.85. The van der Waals surface area contributed by atoms with E-state index >= 15 is 0 Å². The minimum atomic E-state index is -0.354. The van der Waals surface area contributed by atoms with Gasteiger partial charge in [-0.3, -0.25) is 0 Å². The molecule has 0 saturated carbocycles. The van der Waals surface area contributed by atoms with Gasteiger partial charge >= 0.3 is 5.97 Å². The van der Waals surface area contributed by atoms with Gasteiger partial charge < -0.3 is 9.47 Å². The van der Waals surface area contributed by atoms with Crippen LogP contribution in [0.4, 0.5) is 0 Å². The Kier molecular flexibility index (Phi) is 6.98. The molecule has 0 saturated heterocycles. The molecule has 5 heteroatoms. The molecule has 0 amide bonds. The average Bonchev–Trinajstić information content (AvgIpc) is 3.14. The Bertz CT molecular complexity index is 947. The number of para-hydroxylation sites is 1. The van der Waals surface area contributed by atoms with Gasteiger partial charge in [0, 0.05) is 23.6 Å². The molecule has 0 N–H and O–H groups in total. The Balaban J connectivity index is 1.83. The lowest BCUT2D eigenvalue weighted by Crippen LogP contribution is -2.03. The van der Waals surface area contributed by atoms with E-state index in [4.69, 9.17) is 9.47 Å². The van der Waals surface area contributed by atoms with Crippen molar-refractivity contribution in [3.8, 4) is 5.75 Å². The fraction of sp³-hybridized carbons (Fsp3) is 0.217. The Labute approximate surface area is 169 Å². The number of rotatable bonds is 8. The Morgan fingerprint density at radius 1 is 1.11 bits per heavy atom. The zero-order valence-corrected chi connectivity index (χ0v) is 16.9. The summed E-state index contributed by atoms with van der Waals surface area (Å²) in [5.74, 6) is 0.447. The predicted molar refractivity (Wildman–Crippen MR) is 112 cm³/mol. The lowest BCUT2D eigenvalue weighted by Gasteiger charge is -2.13. The monoisotopic (exact) mass is 393 g/mol. The molecule has 1 heterocycles. The molecule has 0 fully saturated rings. The summed E-state index contributed by atoms with van der Waals surface area (Å²) < 4.78 is 11.2. The van der Waals surface area contributed by atoms with Gasteiger partial charge in [-0.1, -0.05) is 48.5 Å². The number of ether oxygens (including phenoxy) is 2. The van der Waals surface area contributed by atoms with Crippen molar-refractivity contribution in [2.75, 3.05) is 6.61 Å². The van der Waals surface area contributed by atoms with Crippen molar-refractivity contribution in [1.29, 1.82) is 0 Å². The number of carbonyl (C=O) groups excluding carboxylic acids is 1. The van der Waals surface area contributed by atoms with Gasteiger partial charge in [0.05, 0.1) is 6.61 Å². The van der Waals surface area contributed by atoms with Crippen LogP contribution >= 0.6 is 11.3 Å². The normalized spacial score (nSPS) is 11.3. The maximum atomic E-state index is 12.1. The molecule has 144 valence electrons. The highest BCUT2D eigenvalue weighted by Gasteiger charge is 2.13. The molecule has 0 aliphatic carbocycles. The average molecular weight is 394 g/mol. The number of benzene rings is 2. The summed E-state index contributed by atoms with van der Waals surface area (Å²) in [7, 11) is 0. The van der Waals surface area contributed by atoms with E-state index in [1.165, 1.54) is 6.08 Å². The predicted octanol–water partition coefficient (Wildman–Crippen LogP) is 5.22. The van der Waals surface area contributed by atoms with Crippen molar-refractivity contribution >= 4 is 22.9 Å². The molecule has 28 heavy (non-hydrogen) atoms. The van der Waals surface area contributed by atoms with Crippen molar-refractivity contribution in [3.05, 3.63) is 87.9 Å². The van der Waals surface area contributed by atoms with Crippen molar-refractivity contribution in [1.82, 2.24) is 4.98 Å². The maximum Gasteiger partial charge on any atom is 0.331 e. The second-order valence-corrected chi connectivity index (χ2v) is 7.49. The van der Waals surface area contributed by atoms with E-state index in [1.807, 2.05) is 67.7 Å². The zero-order chi connectivity index (χ0) is 19.8. The topological polar surface area (TPSA) is 48.4 Å². The van der Waals surface area contributed by atoms with E-state index in [1.54, 1.807) is 18.3 Å². The van der Waals surface area contributed by atoms with Gasteiger partial charge in [-0.15, -0.1) is 11.3 Å². The van der Waals surface area contributed by atoms with E-state index in [0.717, 1.165) is 32.3 Å². The van der Waals surface area contributed by atoms with Crippen LogP contribution in [0.3, 0.4) is 0 Å². The number of nitrogens with zero attached hydrogens (tertiary/aromatic N) is 1. The summed E-state index contributed by atoms with van der Waals surface area (Å²) in [6.07, 6.45) is 3.89. The quantitative estimate of drug-likeness (QED) is 0.389. The first-order valence-electron chi connectivity index (χ1n) is 9.20. The summed E-state index contributed by atoms with van der Waals surface area (Å²) >= 11 is 1.56. The van der Waals surface area contributed by atoms with E-state index in [-0.39, 0.29) is 5.97 Å². The van der Waals surface area contributed by atoms with Crippen molar-refractivity contribution < 1.29 is 14.3 Å². The summed E-state index contributed by atoms with van der Waals surface area (Å²) in [4.78, 5) is 17.6. The third-order valence-electron chi connectivity index (χ3n) is 4.07. The largest absolute Gasteiger partial charge is 0.489 e. The van der Waals surface area contributed by atoms with Crippen molar-refractivity contribution in [3.63, 3.8) is 0 Å². The SMILES string of the molecule is CCOC(=O)/C=C(/Cc1ccccc1OCc1ccccc1)c1ncc(C)s1. The van der Waals surface area contributed by atoms with Crippen LogP contribution in [0.15, 0.2) is 66.9 Å². The number of allylic oxidation sites excluding steroid dienone is 1. The van der Waals surface area contributed by atoms with Crippen LogP contribution in [0.25, 0.3) is 5.57 Å².